The Hall–Kier alpha value is -3.15. The summed E-state index contributed by atoms with van der Waals surface area (Å²) in [5, 5.41) is 6.86. The molecule has 0 unspecified atom stereocenters. The molecule has 0 aliphatic heterocycles. The van der Waals surface area contributed by atoms with E-state index in [4.69, 9.17) is 9.26 Å². The van der Waals surface area contributed by atoms with Crippen molar-refractivity contribution in [1.82, 2.24) is 15.5 Å². The second-order valence-electron chi connectivity index (χ2n) is 5.56. The molecular weight excluding hydrogens is 318 g/mol. The van der Waals surface area contributed by atoms with Gasteiger partial charge < -0.3 is 14.6 Å². The number of hydrogen-bond donors (Lipinski definition) is 1. The molecule has 1 aromatic carbocycles. The summed E-state index contributed by atoms with van der Waals surface area (Å²) in [4.78, 5) is 16.5. The molecule has 3 aromatic rings. The lowest BCUT2D eigenvalue weighted by Crippen LogP contribution is -2.26. The van der Waals surface area contributed by atoms with Crippen LogP contribution in [0.15, 0.2) is 53.3 Å². The maximum absolute atomic E-state index is 12.6. The monoisotopic (exact) mass is 337 g/mol. The quantitative estimate of drug-likeness (QED) is 0.748. The van der Waals surface area contributed by atoms with E-state index in [-0.39, 0.29) is 5.91 Å². The number of amides is 1. The highest BCUT2D eigenvalue weighted by Gasteiger charge is 2.21. The lowest BCUT2D eigenvalue weighted by molar-refractivity contribution is 0.0954. The van der Waals surface area contributed by atoms with Gasteiger partial charge in [0.1, 0.15) is 11.3 Å². The van der Waals surface area contributed by atoms with Gasteiger partial charge in [-0.1, -0.05) is 17.3 Å². The van der Waals surface area contributed by atoms with Gasteiger partial charge in [-0.15, -0.1) is 0 Å². The predicted octanol–water partition coefficient (Wildman–Crippen LogP) is 3.03. The van der Waals surface area contributed by atoms with Crippen molar-refractivity contribution in [3.63, 3.8) is 0 Å². The minimum atomic E-state index is -0.195. The van der Waals surface area contributed by atoms with Crippen LogP contribution in [0.25, 0.3) is 11.3 Å². The number of pyridine rings is 1. The first-order valence-electron chi connectivity index (χ1n) is 7.97. The first-order valence-corrected chi connectivity index (χ1v) is 7.97. The molecule has 2 aromatic heterocycles. The summed E-state index contributed by atoms with van der Waals surface area (Å²) >= 11 is 0. The first-order chi connectivity index (χ1) is 12.2. The Morgan fingerprint density at radius 1 is 1.16 bits per heavy atom. The van der Waals surface area contributed by atoms with Crippen LogP contribution in [0.1, 0.15) is 21.6 Å². The number of benzene rings is 1. The van der Waals surface area contributed by atoms with Crippen molar-refractivity contribution in [1.29, 1.82) is 0 Å². The second-order valence-corrected chi connectivity index (χ2v) is 5.56. The van der Waals surface area contributed by atoms with E-state index >= 15 is 0 Å². The molecule has 1 N–H and O–H groups in total. The highest BCUT2D eigenvalue weighted by molar-refractivity contribution is 6.00. The minimum absolute atomic E-state index is 0.195. The molecule has 0 aliphatic rings. The maximum Gasteiger partial charge on any atom is 0.257 e. The van der Waals surface area contributed by atoms with Crippen molar-refractivity contribution in [3.8, 4) is 17.1 Å². The number of methoxy groups -OCH3 is 1. The van der Waals surface area contributed by atoms with Gasteiger partial charge in [0.2, 0.25) is 0 Å². The van der Waals surface area contributed by atoms with Crippen molar-refractivity contribution in [2.45, 2.75) is 13.3 Å². The van der Waals surface area contributed by atoms with Gasteiger partial charge in [0, 0.05) is 24.5 Å². The summed E-state index contributed by atoms with van der Waals surface area (Å²) in [6.07, 6.45) is 4.03. The molecule has 0 aliphatic carbocycles. The third kappa shape index (κ3) is 3.85. The lowest BCUT2D eigenvalue weighted by Gasteiger charge is -2.07. The molecule has 0 saturated heterocycles. The van der Waals surface area contributed by atoms with E-state index in [1.165, 1.54) is 0 Å². The van der Waals surface area contributed by atoms with E-state index in [9.17, 15) is 4.79 Å². The maximum atomic E-state index is 12.6. The first kappa shape index (κ1) is 16.7. The van der Waals surface area contributed by atoms with Gasteiger partial charge in [-0.3, -0.25) is 9.78 Å². The highest BCUT2D eigenvalue weighted by Crippen LogP contribution is 2.25. The van der Waals surface area contributed by atoms with Crippen molar-refractivity contribution in [3.05, 3.63) is 65.6 Å². The van der Waals surface area contributed by atoms with Crippen molar-refractivity contribution in [2.24, 2.45) is 0 Å². The van der Waals surface area contributed by atoms with Crippen LogP contribution in [-0.4, -0.2) is 29.7 Å². The van der Waals surface area contributed by atoms with Gasteiger partial charge in [-0.05, 0) is 43.2 Å². The predicted molar refractivity (Wildman–Crippen MR) is 93.5 cm³/mol. The summed E-state index contributed by atoms with van der Waals surface area (Å²) < 4.78 is 10.5. The summed E-state index contributed by atoms with van der Waals surface area (Å²) in [6, 6.07) is 11.4. The Morgan fingerprint density at radius 3 is 2.56 bits per heavy atom. The number of ether oxygens (including phenoxy) is 1. The fraction of sp³-hybridized carbons (Fsp3) is 0.211. The number of carbonyl (C=O) groups excluding carboxylic acids is 1. The molecule has 6 nitrogen and oxygen atoms in total. The van der Waals surface area contributed by atoms with Gasteiger partial charge in [0.05, 0.1) is 12.8 Å². The molecule has 0 radical (unpaired) electrons. The third-order valence-electron chi connectivity index (χ3n) is 3.89. The Labute approximate surface area is 145 Å². The molecule has 0 atom stereocenters. The summed E-state index contributed by atoms with van der Waals surface area (Å²) in [6.45, 7) is 2.28. The minimum Gasteiger partial charge on any atom is -0.497 e. The van der Waals surface area contributed by atoms with Gasteiger partial charge in [0.15, 0.2) is 5.76 Å². The van der Waals surface area contributed by atoms with Crippen LogP contribution in [0.3, 0.4) is 0 Å². The second kappa shape index (κ2) is 7.61. The largest absolute Gasteiger partial charge is 0.497 e. The van der Waals surface area contributed by atoms with E-state index in [1.54, 1.807) is 38.6 Å². The zero-order valence-electron chi connectivity index (χ0n) is 14.2. The SMILES string of the molecule is COc1ccc(CCNC(=O)c2c(C)noc2-c2ccncc2)cc1. The topological polar surface area (TPSA) is 77.2 Å². The van der Waals surface area contributed by atoms with Crippen LogP contribution < -0.4 is 10.1 Å². The van der Waals surface area contributed by atoms with Crippen LogP contribution in [0.2, 0.25) is 0 Å². The number of rotatable bonds is 6. The van der Waals surface area contributed by atoms with E-state index in [0.717, 1.165) is 23.3 Å². The van der Waals surface area contributed by atoms with Gasteiger partial charge in [-0.2, -0.15) is 0 Å². The zero-order valence-corrected chi connectivity index (χ0v) is 14.2. The highest BCUT2D eigenvalue weighted by atomic mass is 16.5. The van der Waals surface area contributed by atoms with Crippen LogP contribution in [0.4, 0.5) is 0 Å². The molecule has 2 heterocycles. The fourth-order valence-corrected chi connectivity index (χ4v) is 2.54. The number of aromatic nitrogens is 2. The smallest absolute Gasteiger partial charge is 0.257 e. The Morgan fingerprint density at radius 2 is 1.88 bits per heavy atom. The van der Waals surface area contributed by atoms with Crippen LogP contribution in [0, 0.1) is 6.92 Å². The molecular formula is C19H19N3O3. The van der Waals surface area contributed by atoms with Crippen LogP contribution in [-0.2, 0) is 6.42 Å². The normalized spacial score (nSPS) is 10.5. The summed E-state index contributed by atoms with van der Waals surface area (Å²) in [5.74, 6) is 1.08. The molecule has 25 heavy (non-hydrogen) atoms. The van der Waals surface area contributed by atoms with E-state index in [0.29, 0.717) is 23.6 Å². The number of aryl methyl sites for hydroxylation is 1. The molecule has 128 valence electrons. The van der Waals surface area contributed by atoms with E-state index in [2.05, 4.69) is 15.5 Å². The average molecular weight is 337 g/mol. The zero-order chi connectivity index (χ0) is 17.6. The standard InChI is InChI=1S/C19H19N3O3/c1-13-17(18(25-22-13)15-8-10-20-11-9-15)19(23)21-12-7-14-3-5-16(24-2)6-4-14/h3-6,8-11H,7,12H2,1-2H3,(H,21,23). The number of hydrogen-bond acceptors (Lipinski definition) is 5. The fourth-order valence-electron chi connectivity index (χ4n) is 2.54. The molecule has 0 fully saturated rings. The lowest BCUT2D eigenvalue weighted by atomic mass is 10.1. The van der Waals surface area contributed by atoms with Crippen molar-refractivity contribution in [2.75, 3.05) is 13.7 Å². The molecule has 0 spiro atoms. The molecule has 1 amide bonds. The van der Waals surface area contributed by atoms with Gasteiger partial charge >= 0.3 is 0 Å². The van der Waals surface area contributed by atoms with Crippen molar-refractivity contribution < 1.29 is 14.1 Å². The van der Waals surface area contributed by atoms with Crippen LogP contribution >= 0.6 is 0 Å². The Kier molecular flexibility index (Phi) is 5.09. The summed E-state index contributed by atoms with van der Waals surface area (Å²) in [5.41, 5.74) is 2.92. The number of nitrogens with one attached hydrogen (secondary N) is 1. The Bertz CT molecular complexity index is 842. The number of nitrogens with zero attached hydrogens (tertiary/aromatic N) is 2. The van der Waals surface area contributed by atoms with Gasteiger partial charge in [-0.25, -0.2) is 0 Å². The molecule has 6 heteroatoms. The third-order valence-corrected chi connectivity index (χ3v) is 3.89. The molecule has 0 saturated carbocycles. The van der Waals surface area contributed by atoms with E-state index < -0.39 is 0 Å². The van der Waals surface area contributed by atoms with E-state index in [1.807, 2.05) is 24.3 Å². The van der Waals surface area contributed by atoms with Gasteiger partial charge in [0.25, 0.3) is 5.91 Å². The molecule has 0 bridgehead atoms. The van der Waals surface area contributed by atoms with Crippen molar-refractivity contribution >= 4 is 5.91 Å². The number of carbonyl (C=O) groups is 1. The van der Waals surface area contributed by atoms with Crippen LogP contribution in [0.5, 0.6) is 5.75 Å². The average Bonchev–Trinajstić information content (AvgIpc) is 3.04. The summed E-state index contributed by atoms with van der Waals surface area (Å²) in [7, 11) is 1.64. The molecule has 3 rings (SSSR count). The Balaban J connectivity index is 1.66.